The second kappa shape index (κ2) is 8.58. The Morgan fingerprint density at radius 1 is 1.10 bits per heavy atom. The Hall–Kier alpha value is -3.69. The van der Waals surface area contributed by atoms with E-state index in [0.717, 1.165) is 26.4 Å². The Kier molecular flexibility index (Phi) is 5.70. The first-order valence-corrected chi connectivity index (χ1v) is 10.5. The van der Waals surface area contributed by atoms with Crippen molar-refractivity contribution in [1.29, 1.82) is 0 Å². The molecule has 0 aliphatic heterocycles. The number of aryl methyl sites for hydroxylation is 1. The van der Waals surface area contributed by atoms with E-state index in [9.17, 15) is 14.9 Å². The molecule has 0 saturated carbocycles. The van der Waals surface area contributed by atoms with Gasteiger partial charge in [-0.2, -0.15) is 0 Å². The molecular weight excluding hydrogens is 432 g/mol. The number of carbonyl (C=O) groups is 1. The smallest absolute Gasteiger partial charge is 0.282 e. The Morgan fingerprint density at radius 2 is 1.84 bits per heavy atom. The lowest BCUT2D eigenvalue weighted by atomic mass is 10.1. The lowest BCUT2D eigenvalue weighted by molar-refractivity contribution is -0.385. The van der Waals surface area contributed by atoms with Crippen molar-refractivity contribution in [3.05, 3.63) is 88.0 Å². The number of rotatable bonds is 4. The first kappa shape index (κ1) is 20.6. The number of thiocarbonyl (C=S) groups is 1. The van der Waals surface area contributed by atoms with E-state index in [-0.39, 0.29) is 16.4 Å². The van der Waals surface area contributed by atoms with Crippen molar-refractivity contribution in [2.24, 2.45) is 0 Å². The molecule has 4 rings (SSSR count). The van der Waals surface area contributed by atoms with Gasteiger partial charge in [0, 0.05) is 17.3 Å². The molecule has 1 heterocycles. The van der Waals surface area contributed by atoms with Crippen LogP contribution in [-0.4, -0.2) is 20.9 Å². The number of hydrogen-bond acceptors (Lipinski definition) is 6. The highest BCUT2D eigenvalue weighted by molar-refractivity contribution is 7.80. The fraction of sp³-hybridized carbons (Fsp3) is 0.0455. The number of benzene rings is 3. The third-order valence-corrected chi connectivity index (χ3v) is 5.89. The second-order valence-electron chi connectivity index (χ2n) is 6.70. The molecule has 31 heavy (non-hydrogen) atoms. The van der Waals surface area contributed by atoms with Crippen LogP contribution in [0.1, 0.15) is 15.9 Å². The van der Waals surface area contributed by atoms with Gasteiger partial charge in [-0.25, -0.2) is 4.98 Å². The summed E-state index contributed by atoms with van der Waals surface area (Å²) in [4.78, 5) is 27.7. The van der Waals surface area contributed by atoms with Crippen LogP contribution < -0.4 is 10.6 Å². The number of para-hydroxylation sites is 2. The van der Waals surface area contributed by atoms with E-state index in [1.54, 1.807) is 17.4 Å². The molecule has 0 unspecified atom stereocenters. The largest absolute Gasteiger partial charge is 0.332 e. The van der Waals surface area contributed by atoms with Crippen LogP contribution in [0.4, 0.5) is 11.4 Å². The van der Waals surface area contributed by atoms with Crippen LogP contribution >= 0.6 is 23.6 Å². The van der Waals surface area contributed by atoms with Gasteiger partial charge >= 0.3 is 0 Å². The fourth-order valence-corrected chi connectivity index (χ4v) is 4.20. The molecule has 3 aromatic carbocycles. The molecule has 0 radical (unpaired) electrons. The van der Waals surface area contributed by atoms with Crippen LogP contribution in [0.2, 0.25) is 0 Å². The predicted octanol–water partition coefficient (Wildman–Crippen LogP) is 5.31. The normalized spacial score (nSPS) is 10.6. The molecule has 0 bridgehead atoms. The van der Waals surface area contributed by atoms with E-state index >= 15 is 0 Å². The Labute approximate surface area is 186 Å². The van der Waals surface area contributed by atoms with Crippen LogP contribution in [0.15, 0.2) is 66.7 Å². The summed E-state index contributed by atoms with van der Waals surface area (Å²) < 4.78 is 1.10. The molecule has 0 spiro atoms. The van der Waals surface area contributed by atoms with Crippen molar-refractivity contribution >= 4 is 56.2 Å². The number of nitrogens with one attached hydrogen (secondary N) is 2. The standard InChI is InChI=1S/C22H16N4O3S2/c1-13-10-11-14(21-23-16-7-3-5-9-19(16)31-21)12-17(13)24-22(30)25-20(27)15-6-2-4-8-18(15)26(28)29/h2-12H,1H3,(H2,24,25,27,30). The zero-order valence-corrected chi connectivity index (χ0v) is 17.9. The van der Waals surface area contributed by atoms with E-state index in [0.29, 0.717) is 5.69 Å². The van der Waals surface area contributed by atoms with E-state index < -0.39 is 10.8 Å². The van der Waals surface area contributed by atoms with Gasteiger partial charge < -0.3 is 5.32 Å². The number of thiazole rings is 1. The topological polar surface area (TPSA) is 97.2 Å². The Morgan fingerprint density at radius 3 is 2.61 bits per heavy atom. The molecule has 9 heteroatoms. The van der Waals surface area contributed by atoms with Crippen molar-refractivity contribution in [3.63, 3.8) is 0 Å². The van der Waals surface area contributed by atoms with Crippen molar-refractivity contribution in [2.75, 3.05) is 5.32 Å². The third kappa shape index (κ3) is 4.42. The lowest BCUT2D eigenvalue weighted by Gasteiger charge is -2.13. The number of nitro benzene ring substituents is 1. The maximum absolute atomic E-state index is 12.5. The van der Waals surface area contributed by atoms with Crippen molar-refractivity contribution < 1.29 is 9.72 Å². The molecule has 0 fully saturated rings. The first-order valence-electron chi connectivity index (χ1n) is 9.25. The number of nitro groups is 1. The number of hydrogen-bond donors (Lipinski definition) is 2. The number of aromatic nitrogens is 1. The summed E-state index contributed by atoms with van der Waals surface area (Å²) in [5, 5.41) is 17.6. The summed E-state index contributed by atoms with van der Waals surface area (Å²) in [6, 6.07) is 19.5. The lowest BCUT2D eigenvalue weighted by Crippen LogP contribution is -2.34. The SMILES string of the molecule is Cc1ccc(-c2nc3ccccc3s2)cc1NC(=S)NC(=O)c1ccccc1[N+](=O)[O-]. The molecule has 0 atom stereocenters. The van der Waals surface area contributed by atoms with E-state index in [4.69, 9.17) is 12.2 Å². The molecule has 7 nitrogen and oxygen atoms in total. The molecule has 2 N–H and O–H groups in total. The zero-order valence-electron chi connectivity index (χ0n) is 16.3. The zero-order chi connectivity index (χ0) is 22.0. The quantitative estimate of drug-likeness (QED) is 0.250. The minimum atomic E-state index is -0.648. The molecule has 0 aliphatic carbocycles. The molecule has 0 saturated heterocycles. The summed E-state index contributed by atoms with van der Waals surface area (Å²) in [6.07, 6.45) is 0. The summed E-state index contributed by atoms with van der Waals surface area (Å²) in [5.41, 5.74) is 3.15. The number of carbonyl (C=O) groups excluding carboxylic acids is 1. The van der Waals surface area contributed by atoms with Gasteiger partial charge in [-0.05, 0) is 49.0 Å². The monoisotopic (exact) mass is 448 g/mol. The van der Waals surface area contributed by atoms with Gasteiger partial charge in [-0.15, -0.1) is 11.3 Å². The average molecular weight is 449 g/mol. The molecular formula is C22H16N4O3S2. The van der Waals surface area contributed by atoms with Crippen molar-refractivity contribution in [1.82, 2.24) is 10.3 Å². The molecule has 154 valence electrons. The van der Waals surface area contributed by atoms with Gasteiger partial charge in [-0.3, -0.25) is 20.2 Å². The van der Waals surface area contributed by atoms with Crippen LogP contribution in [0.5, 0.6) is 0 Å². The first-order chi connectivity index (χ1) is 14.9. The Bertz CT molecular complexity index is 1300. The summed E-state index contributed by atoms with van der Waals surface area (Å²) in [5.74, 6) is -0.648. The number of fused-ring (bicyclic) bond motifs is 1. The van der Waals surface area contributed by atoms with Gasteiger partial charge in [0.05, 0.1) is 15.1 Å². The van der Waals surface area contributed by atoms with Crippen LogP contribution in [0.25, 0.3) is 20.8 Å². The minimum Gasteiger partial charge on any atom is -0.332 e. The predicted molar refractivity (Wildman–Crippen MR) is 127 cm³/mol. The van der Waals surface area contributed by atoms with Gasteiger partial charge in [0.25, 0.3) is 11.6 Å². The van der Waals surface area contributed by atoms with Gasteiger partial charge in [0.2, 0.25) is 0 Å². The highest BCUT2D eigenvalue weighted by atomic mass is 32.1. The molecule has 0 aliphatic rings. The van der Waals surface area contributed by atoms with E-state index in [2.05, 4.69) is 15.6 Å². The third-order valence-electron chi connectivity index (χ3n) is 4.60. The summed E-state index contributed by atoms with van der Waals surface area (Å²) in [7, 11) is 0. The minimum absolute atomic E-state index is 0.0488. The second-order valence-corrected chi connectivity index (χ2v) is 8.14. The van der Waals surface area contributed by atoms with Crippen LogP contribution in [0.3, 0.4) is 0 Å². The molecule has 1 amide bonds. The highest BCUT2D eigenvalue weighted by Gasteiger charge is 2.20. The van der Waals surface area contributed by atoms with Gasteiger partial charge in [0.1, 0.15) is 10.6 Å². The van der Waals surface area contributed by atoms with Crippen molar-refractivity contribution in [2.45, 2.75) is 6.92 Å². The maximum atomic E-state index is 12.5. The number of nitrogens with zero attached hydrogens (tertiary/aromatic N) is 2. The molecule has 4 aromatic rings. The van der Waals surface area contributed by atoms with Gasteiger partial charge in [0.15, 0.2) is 5.11 Å². The fourth-order valence-electron chi connectivity index (χ4n) is 3.03. The van der Waals surface area contributed by atoms with Crippen LogP contribution in [0, 0.1) is 17.0 Å². The van der Waals surface area contributed by atoms with Crippen LogP contribution in [-0.2, 0) is 0 Å². The number of anilines is 1. The van der Waals surface area contributed by atoms with E-state index in [1.807, 2.05) is 49.4 Å². The molecule has 1 aromatic heterocycles. The Balaban J connectivity index is 1.54. The van der Waals surface area contributed by atoms with Crippen molar-refractivity contribution in [3.8, 4) is 10.6 Å². The number of amides is 1. The average Bonchev–Trinajstić information content (AvgIpc) is 3.19. The van der Waals surface area contributed by atoms with Gasteiger partial charge in [-0.1, -0.05) is 36.4 Å². The summed E-state index contributed by atoms with van der Waals surface area (Å²) >= 11 is 6.86. The highest BCUT2D eigenvalue weighted by Crippen LogP contribution is 2.32. The summed E-state index contributed by atoms with van der Waals surface area (Å²) in [6.45, 7) is 1.91. The maximum Gasteiger partial charge on any atom is 0.282 e. The van der Waals surface area contributed by atoms with E-state index in [1.165, 1.54) is 18.2 Å².